The van der Waals surface area contributed by atoms with Crippen LogP contribution in [-0.2, 0) is 0 Å². The zero-order valence-electron chi connectivity index (χ0n) is 10.1. The molecule has 0 radical (unpaired) electrons. The number of methoxy groups -OCH3 is 1. The molecule has 0 atom stereocenters. The maximum atomic E-state index is 5.80. The molecule has 17 heavy (non-hydrogen) atoms. The third-order valence-electron chi connectivity index (χ3n) is 2.75. The van der Waals surface area contributed by atoms with Crippen LogP contribution in [0.25, 0.3) is 0 Å². The highest BCUT2D eigenvalue weighted by Gasteiger charge is 2.06. The lowest BCUT2D eigenvalue weighted by atomic mass is 10.2. The van der Waals surface area contributed by atoms with Crippen LogP contribution in [0.3, 0.4) is 0 Å². The Morgan fingerprint density at radius 3 is 2.35 bits per heavy atom. The number of nitrogens with zero attached hydrogens (tertiary/aromatic N) is 1. The summed E-state index contributed by atoms with van der Waals surface area (Å²) in [7, 11) is 3.64. The lowest BCUT2D eigenvalue weighted by molar-refractivity contribution is 0.417. The average Bonchev–Trinajstić information content (AvgIpc) is 2.39. The van der Waals surface area contributed by atoms with Gasteiger partial charge in [0.2, 0.25) is 0 Å². The van der Waals surface area contributed by atoms with Gasteiger partial charge in [-0.05, 0) is 24.3 Å². The minimum Gasteiger partial charge on any atom is -0.495 e. The summed E-state index contributed by atoms with van der Waals surface area (Å²) < 4.78 is 5.22. The topological polar surface area (TPSA) is 38.5 Å². The molecule has 0 aliphatic carbocycles. The van der Waals surface area contributed by atoms with Gasteiger partial charge in [-0.2, -0.15) is 0 Å². The molecule has 3 heteroatoms. The van der Waals surface area contributed by atoms with Gasteiger partial charge in [-0.1, -0.05) is 18.2 Å². The summed E-state index contributed by atoms with van der Waals surface area (Å²) in [6.07, 6.45) is 0. The molecule has 2 N–H and O–H groups in total. The molecule has 0 amide bonds. The normalized spacial score (nSPS) is 10.0. The summed E-state index contributed by atoms with van der Waals surface area (Å²) in [5, 5.41) is 0. The van der Waals surface area contributed by atoms with Crippen molar-refractivity contribution in [3.05, 3.63) is 48.5 Å². The van der Waals surface area contributed by atoms with Gasteiger partial charge in [0.1, 0.15) is 5.75 Å². The van der Waals surface area contributed by atoms with Crippen molar-refractivity contribution in [2.45, 2.75) is 0 Å². The summed E-state index contributed by atoms with van der Waals surface area (Å²) in [6, 6.07) is 15.9. The Hall–Kier alpha value is -2.16. The molecule has 0 aliphatic rings. The molecule has 88 valence electrons. The molecule has 2 aromatic carbocycles. The Morgan fingerprint density at radius 2 is 1.71 bits per heavy atom. The zero-order valence-corrected chi connectivity index (χ0v) is 10.1. The largest absolute Gasteiger partial charge is 0.495 e. The highest BCUT2D eigenvalue weighted by atomic mass is 16.5. The number of nitrogen functional groups attached to an aromatic ring is 1. The second kappa shape index (κ2) is 4.78. The molecule has 2 rings (SSSR count). The van der Waals surface area contributed by atoms with E-state index in [0.717, 1.165) is 11.4 Å². The highest BCUT2D eigenvalue weighted by molar-refractivity contribution is 5.68. The third kappa shape index (κ3) is 2.33. The number of hydrogen-bond acceptors (Lipinski definition) is 3. The Bertz CT molecular complexity index is 497. The zero-order chi connectivity index (χ0) is 12.3. The van der Waals surface area contributed by atoms with Gasteiger partial charge in [0.25, 0.3) is 0 Å². The van der Waals surface area contributed by atoms with Crippen molar-refractivity contribution in [3.8, 4) is 5.75 Å². The van der Waals surface area contributed by atoms with Crippen LogP contribution in [0.2, 0.25) is 0 Å². The maximum Gasteiger partial charge on any atom is 0.143 e. The van der Waals surface area contributed by atoms with Crippen LogP contribution in [0.1, 0.15) is 0 Å². The Labute approximate surface area is 101 Å². The smallest absolute Gasteiger partial charge is 0.143 e. The molecule has 0 aliphatic heterocycles. The highest BCUT2D eigenvalue weighted by Crippen LogP contribution is 2.30. The molecule has 2 aromatic rings. The lowest BCUT2D eigenvalue weighted by Gasteiger charge is -2.20. The summed E-state index contributed by atoms with van der Waals surface area (Å²) in [4.78, 5) is 2.09. The predicted octanol–water partition coefficient (Wildman–Crippen LogP) is 3.05. The van der Waals surface area contributed by atoms with E-state index in [4.69, 9.17) is 10.5 Å². The second-order valence-corrected chi connectivity index (χ2v) is 3.82. The van der Waals surface area contributed by atoms with Gasteiger partial charge in [-0.25, -0.2) is 0 Å². The molecule has 0 fully saturated rings. The lowest BCUT2D eigenvalue weighted by Crippen LogP contribution is -2.09. The number of benzene rings is 2. The minimum absolute atomic E-state index is 0.651. The fourth-order valence-corrected chi connectivity index (χ4v) is 1.71. The Balaban J connectivity index is 2.34. The van der Waals surface area contributed by atoms with E-state index in [1.54, 1.807) is 7.11 Å². The van der Waals surface area contributed by atoms with Crippen molar-refractivity contribution < 1.29 is 4.74 Å². The van der Waals surface area contributed by atoms with Crippen LogP contribution in [0, 0.1) is 0 Å². The SMILES string of the molecule is COc1cc(N(C)c2ccccc2)ccc1N. The molecule has 0 heterocycles. The van der Waals surface area contributed by atoms with Crippen LogP contribution in [0.15, 0.2) is 48.5 Å². The van der Waals surface area contributed by atoms with Crippen molar-refractivity contribution in [2.75, 3.05) is 24.8 Å². The van der Waals surface area contributed by atoms with Crippen molar-refractivity contribution in [1.29, 1.82) is 0 Å². The van der Waals surface area contributed by atoms with Crippen LogP contribution < -0.4 is 15.4 Å². The van der Waals surface area contributed by atoms with Crippen LogP contribution in [0.5, 0.6) is 5.75 Å². The van der Waals surface area contributed by atoms with Crippen LogP contribution in [-0.4, -0.2) is 14.2 Å². The molecule has 0 bridgehead atoms. The van der Waals surface area contributed by atoms with Crippen molar-refractivity contribution in [3.63, 3.8) is 0 Å². The number of anilines is 3. The van der Waals surface area contributed by atoms with E-state index in [-0.39, 0.29) is 0 Å². The van der Waals surface area contributed by atoms with Gasteiger partial charge in [0, 0.05) is 24.5 Å². The van der Waals surface area contributed by atoms with E-state index in [1.807, 2.05) is 43.4 Å². The van der Waals surface area contributed by atoms with Crippen molar-refractivity contribution in [1.82, 2.24) is 0 Å². The fourth-order valence-electron chi connectivity index (χ4n) is 1.71. The van der Waals surface area contributed by atoms with Crippen LogP contribution >= 0.6 is 0 Å². The number of rotatable bonds is 3. The van der Waals surface area contributed by atoms with E-state index in [0.29, 0.717) is 11.4 Å². The van der Waals surface area contributed by atoms with Gasteiger partial charge in [0.05, 0.1) is 12.8 Å². The second-order valence-electron chi connectivity index (χ2n) is 3.82. The fraction of sp³-hybridized carbons (Fsp3) is 0.143. The first-order valence-corrected chi connectivity index (χ1v) is 5.44. The quantitative estimate of drug-likeness (QED) is 0.820. The first kappa shape index (κ1) is 11.3. The van der Waals surface area contributed by atoms with E-state index in [2.05, 4.69) is 17.0 Å². The van der Waals surface area contributed by atoms with Crippen molar-refractivity contribution >= 4 is 17.1 Å². The first-order chi connectivity index (χ1) is 8.22. The van der Waals surface area contributed by atoms with E-state index >= 15 is 0 Å². The average molecular weight is 228 g/mol. The summed E-state index contributed by atoms with van der Waals surface area (Å²) in [5.41, 5.74) is 8.61. The summed E-state index contributed by atoms with van der Waals surface area (Å²) in [6.45, 7) is 0. The molecule has 0 saturated heterocycles. The predicted molar refractivity (Wildman–Crippen MR) is 71.9 cm³/mol. The van der Waals surface area contributed by atoms with Gasteiger partial charge in [-0.15, -0.1) is 0 Å². The number of ether oxygens (including phenoxy) is 1. The molecular formula is C14H16N2O. The van der Waals surface area contributed by atoms with Gasteiger partial charge in [0.15, 0.2) is 0 Å². The first-order valence-electron chi connectivity index (χ1n) is 5.44. The minimum atomic E-state index is 0.651. The van der Waals surface area contributed by atoms with Gasteiger partial charge < -0.3 is 15.4 Å². The van der Waals surface area contributed by atoms with Crippen molar-refractivity contribution in [2.24, 2.45) is 0 Å². The number of hydrogen-bond donors (Lipinski definition) is 1. The van der Waals surface area contributed by atoms with E-state index < -0.39 is 0 Å². The molecule has 3 nitrogen and oxygen atoms in total. The maximum absolute atomic E-state index is 5.80. The van der Waals surface area contributed by atoms with Crippen LogP contribution in [0.4, 0.5) is 17.1 Å². The summed E-state index contributed by atoms with van der Waals surface area (Å²) >= 11 is 0. The standard InChI is InChI=1S/C14H16N2O/c1-16(11-6-4-3-5-7-11)12-8-9-13(15)14(10-12)17-2/h3-10H,15H2,1-2H3. The number of nitrogens with two attached hydrogens (primary N) is 1. The van der Waals surface area contributed by atoms with E-state index in [1.165, 1.54) is 0 Å². The third-order valence-corrected chi connectivity index (χ3v) is 2.75. The summed E-state index contributed by atoms with van der Waals surface area (Å²) in [5.74, 6) is 0.699. The van der Waals surface area contributed by atoms with E-state index in [9.17, 15) is 0 Å². The van der Waals surface area contributed by atoms with Gasteiger partial charge in [-0.3, -0.25) is 0 Å². The monoisotopic (exact) mass is 228 g/mol. The Kier molecular flexibility index (Phi) is 3.19. The number of para-hydroxylation sites is 1. The molecule has 0 spiro atoms. The van der Waals surface area contributed by atoms with Gasteiger partial charge >= 0.3 is 0 Å². The molecule has 0 saturated carbocycles. The molecule has 0 aromatic heterocycles. The molecular weight excluding hydrogens is 212 g/mol. The Morgan fingerprint density at radius 1 is 1.00 bits per heavy atom. The molecule has 0 unspecified atom stereocenters.